The van der Waals surface area contributed by atoms with E-state index >= 15 is 0 Å². The second-order valence-corrected chi connectivity index (χ2v) is 6.04. The quantitative estimate of drug-likeness (QED) is 0.681. The number of anilines is 1. The van der Waals surface area contributed by atoms with E-state index < -0.39 is 16.3 Å². The molecule has 0 radical (unpaired) electrons. The molecule has 1 N–H and O–H groups in total. The van der Waals surface area contributed by atoms with E-state index in [0.29, 0.717) is 25.2 Å². The first-order chi connectivity index (χ1) is 9.78. The largest absolute Gasteiger partial charge is 0.481 e. The van der Waals surface area contributed by atoms with Crippen LogP contribution in [0.15, 0.2) is 18.2 Å². The van der Waals surface area contributed by atoms with Crippen molar-refractivity contribution < 1.29 is 14.8 Å². The highest BCUT2D eigenvalue weighted by atomic mass is 16.6. The maximum Gasteiger partial charge on any atom is 0.311 e. The Balaban J connectivity index is 2.38. The summed E-state index contributed by atoms with van der Waals surface area (Å²) in [5, 5.41) is 20.8. The number of nitrogens with zero attached hydrogens (tertiary/aromatic N) is 2. The molecule has 1 unspecified atom stereocenters. The Morgan fingerprint density at radius 2 is 2.14 bits per heavy atom. The summed E-state index contributed by atoms with van der Waals surface area (Å²) in [6, 6.07) is 5.07. The zero-order chi connectivity index (χ0) is 15.8. The summed E-state index contributed by atoms with van der Waals surface area (Å²) in [6.07, 6.45) is 0.505. The number of rotatable bonds is 4. The highest BCUT2D eigenvalue weighted by Gasteiger charge is 2.48. The lowest BCUT2D eigenvalue weighted by atomic mass is 9.76. The smallest absolute Gasteiger partial charge is 0.311 e. The SMILES string of the molecule is Cc1ccc(N2CCC(C(=O)O)(C(C)C)C2)c([N+](=O)[O-])c1. The first kappa shape index (κ1) is 15.3. The molecule has 0 aromatic heterocycles. The molecule has 0 aliphatic carbocycles. The molecule has 114 valence electrons. The van der Waals surface area contributed by atoms with Crippen molar-refractivity contribution in [2.45, 2.75) is 27.2 Å². The van der Waals surface area contributed by atoms with Gasteiger partial charge in [0.1, 0.15) is 5.69 Å². The van der Waals surface area contributed by atoms with Crippen molar-refractivity contribution in [3.8, 4) is 0 Å². The number of hydrogen-bond acceptors (Lipinski definition) is 4. The van der Waals surface area contributed by atoms with E-state index in [1.165, 1.54) is 6.07 Å². The van der Waals surface area contributed by atoms with E-state index in [1.807, 2.05) is 24.8 Å². The normalized spacial score (nSPS) is 21.8. The summed E-state index contributed by atoms with van der Waals surface area (Å²) < 4.78 is 0. The van der Waals surface area contributed by atoms with Crippen molar-refractivity contribution in [2.24, 2.45) is 11.3 Å². The van der Waals surface area contributed by atoms with E-state index in [9.17, 15) is 20.0 Å². The third kappa shape index (κ3) is 2.57. The average molecular weight is 292 g/mol. The van der Waals surface area contributed by atoms with Crippen LogP contribution in [0.3, 0.4) is 0 Å². The van der Waals surface area contributed by atoms with Gasteiger partial charge >= 0.3 is 5.97 Å². The summed E-state index contributed by atoms with van der Waals surface area (Å²) >= 11 is 0. The molecule has 1 aromatic rings. The highest BCUT2D eigenvalue weighted by molar-refractivity contribution is 5.78. The van der Waals surface area contributed by atoms with Gasteiger partial charge in [0.15, 0.2) is 0 Å². The lowest BCUT2D eigenvalue weighted by molar-refractivity contribution is -0.384. The fraction of sp³-hybridized carbons (Fsp3) is 0.533. The molecule has 1 aliphatic heterocycles. The second-order valence-electron chi connectivity index (χ2n) is 6.04. The highest BCUT2D eigenvalue weighted by Crippen LogP contribution is 2.42. The number of aryl methyl sites for hydroxylation is 1. The minimum absolute atomic E-state index is 0.0236. The number of aliphatic carboxylic acids is 1. The van der Waals surface area contributed by atoms with Gasteiger partial charge in [0.05, 0.1) is 10.3 Å². The van der Waals surface area contributed by atoms with Crippen LogP contribution >= 0.6 is 0 Å². The molecule has 6 nitrogen and oxygen atoms in total. The van der Waals surface area contributed by atoms with Crippen LogP contribution in [0.2, 0.25) is 0 Å². The molecule has 6 heteroatoms. The van der Waals surface area contributed by atoms with Crippen LogP contribution in [-0.4, -0.2) is 29.1 Å². The van der Waals surface area contributed by atoms with Crippen molar-refractivity contribution in [3.63, 3.8) is 0 Å². The summed E-state index contributed by atoms with van der Waals surface area (Å²) in [4.78, 5) is 24.3. The van der Waals surface area contributed by atoms with Crippen LogP contribution in [-0.2, 0) is 4.79 Å². The Bertz CT molecular complexity index is 585. The monoisotopic (exact) mass is 292 g/mol. The van der Waals surface area contributed by atoms with Crippen LogP contribution < -0.4 is 4.90 Å². The fourth-order valence-electron chi connectivity index (χ4n) is 2.98. The van der Waals surface area contributed by atoms with Crippen LogP contribution in [0.1, 0.15) is 25.8 Å². The molecule has 1 atom stereocenters. The lowest BCUT2D eigenvalue weighted by Crippen LogP contribution is -2.39. The third-order valence-electron chi connectivity index (χ3n) is 4.50. The van der Waals surface area contributed by atoms with Crippen LogP contribution in [0.5, 0.6) is 0 Å². The van der Waals surface area contributed by atoms with Crippen LogP contribution in [0, 0.1) is 28.4 Å². The van der Waals surface area contributed by atoms with Gasteiger partial charge in [-0.2, -0.15) is 0 Å². The van der Waals surface area contributed by atoms with Crippen molar-refractivity contribution in [1.82, 2.24) is 0 Å². The molecule has 1 heterocycles. The predicted molar refractivity (Wildman–Crippen MR) is 79.6 cm³/mol. The zero-order valence-corrected chi connectivity index (χ0v) is 12.5. The van der Waals surface area contributed by atoms with Gasteiger partial charge in [-0.3, -0.25) is 14.9 Å². The summed E-state index contributed by atoms with van der Waals surface area (Å²) in [5.74, 6) is -0.848. The number of nitro groups is 1. The molecule has 1 fully saturated rings. The van der Waals surface area contributed by atoms with Crippen LogP contribution in [0.4, 0.5) is 11.4 Å². The number of hydrogen-bond donors (Lipinski definition) is 1. The van der Waals surface area contributed by atoms with Crippen molar-refractivity contribution in [2.75, 3.05) is 18.0 Å². The van der Waals surface area contributed by atoms with E-state index in [0.717, 1.165) is 5.56 Å². The Morgan fingerprint density at radius 1 is 1.48 bits per heavy atom. The Hall–Kier alpha value is -2.11. The van der Waals surface area contributed by atoms with Gasteiger partial charge < -0.3 is 10.0 Å². The number of carboxylic acids is 1. The second kappa shape index (κ2) is 5.35. The number of nitro benzene ring substituents is 1. The van der Waals surface area contributed by atoms with Gasteiger partial charge in [-0.05, 0) is 30.9 Å². The maximum absolute atomic E-state index is 11.7. The van der Waals surface area contributed by atoms with Crippen molar-refractivity contribution in [3.05, 3.63) is 33.9 Å². The molecule has 1 aromatic carbocycles. The number of benzene rings is 1. The zero-order valence-electron chi connectivity index (χ0n) is 12.5. The lowest BCUT2D eigenvalue weighted by Gasteiger charge is -2.29. The molecule has 2 rings (SSSR count). The summed E-state index contributed by atoms with van der Waals surface area (Å²) in [7, 11) is 0. The molecule has 0 spiro atoms. The van der Waals surface area contributed by atoms with Gasteiger partial charge in [0, 0.05) is 19.2 Å². The van der Waals surface area contributed by atoms with Crippen LogP contribution in [0.25, 0.3) is 0 Å². The molecule has 0 saturated carbocycles. The summed E-state index contributed by atoms with van der Waals surface area (Å²) in [6.45, 7) is 6.41. The Morgan fingerprint density at radius 3 is 2.62 bits per heavy atom. The number of carbonyl (C=O) groups is 1. The third-order valence-corrected chi connectivity index (χ3v) is 4.50. The minimum Gasteiger partial charge on any atom is -0.481 e. The first-order valence-corrected chi connectivity index (χ1v) is 7.01. The Labute approximate surface area is 123 Å². The Kier molecular flexibility index (Phi) is 3.89. The molecule has 0 bridgehead atoms. The number of carboxylic acid groups (broad SMARTS) is 1. The van der Waals surface area contributed by atoms with Gasteiger partial charge in [-0.15, -0.1) is 0 Å². The van der Waals surface area contributed by atoms with E-state index in [-0.39, 0.29) is 11.6 Å². The van der Waals surface area contributed by atoms with Crippen molar-refractivity contribution >= 4 is 17.3 Å². The van der Waals surface area contributed by atoms with Gasteiger partial charge in [-0.1, -0.05) is 19.9 Å². The first-order valence-electron chi connectivity index (χ1n) is 7.01. The van der Waals surface area contributed by atoms with Gasteiger partial charge in [0.25, 0.3) is 5.69 Å². The topological polar surface area (TPSA) is 83.7 Å². The van der Waals surface area contributed by atoms with Gasteiger partial charge in [-0.25, -0.2) is 0 Å². The van der Waals surface area contributed by atoms with E-state index in [2.05, 4.69) is 0 Å². The average Bonchev–Trinajstić information content (AvgIpc) is 2.84. The molecule has 0 amide bonds. The molecule has 21 heavy (non-hydrogen) atoms. The fourth-order valence-corrected chi connectivity index (χ4v) is 2.98. The molecule has 1 saturated heterocycles. The van der Waals surface area contributed by atoms with E-state index in [4.69, 9.17) is 0 Å². The molecular weight excluding hydrogens is 272 g/mol. The predicted octanol–water partition coefficient (Wildman–Crippen LogP) is 2.84. The minimum atomic E-state index is -0.835. The van der Waals surface area contributed by atoms with E-state index in [1.54, 1.807) is 13.0 Å². The van der Waals surface area contributed by atoms with Gasteiger partial charge in [0.2, 0.25) is 0 Å². The molecule has 1 aliphatic rings. The maximum atomic E-state index is 11.7. The summed E-state index contributed by atoms with van der Waals surface area (Å²) in [5.41, 5.74) is 0.533. The van der Waals surface area contributed by atoms with Crippen molar-refractivity contribution in [1.29, 1.82) is 0 Å². The standard InChI is InChI=1S/C15H20N2O4/c1-10(2)15(14(18)19)6-7-16(9-15)12-5-4-11(3)8-13(12)17(20)21/h4-5,8,10H,6-7,9H2,1-3H3,(H,18,19). The molecular formula is C15H20N2O4.